The van der Waals surface area contributed by atoms with Gasteiger partial charge in [-0.2, -0.15) is 0 Å². The van der Waals surface area contributed by atoms with Gasteiger partial charge in [-0.25, -0.2) is 0 Å². The molecule has 64 valence electrons. The molecule has 1 fully saturated rings. The molecule has 0 saturated heterocycles. The predicted molar refractivity (Wildman–Crippen MR) is 60.5 cm³/mol. The van der Waals surface area contributed by atoms with E-state index in [4.69, 9.17) is 4.74 Å². The Bertz CT molecular complexity index is 297. The molecule has 0 N–H and O–H groups in total. The van der Waals surface area contributed by atoms with Crippen LogP contribution in [0.4, 0.5) is 0 Å². The lowest BCUT2D eigenvalue weighted by Crippen LogP contribution is -1.95. The SMILES string of the molecule is Brc1ccc(OC2CC2)cc1I. The molecule has 0 heterocycles. The van der Waals surface area contributed by atoms with Crippen molar-refractivity contribution in [2.45, 2.75) is 18.9 Å². The maximum Gasteiger partial charge on any atom is 0.120 e. The van der Waals surface area contributed by atoms with Gasteiger partial charge in [0.2, 0.25) is 0 Å². The minimum atomic E-state index is 0.488. The molecule has 1 nitrogen and oxygen atoms in total. The van der Waals surface area contributed by atoms with Crippen molar-refractivity contribution in [2.24, 2.45) is 0 Å². The van der Waals surface area contributed by atoms with E-state index in [0.717, 1.165) is 10.2 Å². The van der Waals surface area contributed by atoms with Gasteiger partial charge >= 0.3 is 0 Å². The van der Waals surface area contributed by atoms with Crippen LogP contribution in [-0.4, -0.2) is 6.10 Å². The first-order valence-corrected chi connectivity index (χ1v) is 5.74. The first-order valence-electron chi connectivity index (χ1n) is 3.87. The molecule has 0 spiro atoms. The summed E-state index contributed by atoms with van der Waals surface area (Å²) in [4.78, 5) is 0. The summed E-state index contributed by atoms with van der Waals surface area (Å²) in [5.41, 5.74) is 0. The highest BCUT2D eigenvalue weighted by atomic mass is 127. The summed E-state index contributed by atoms with van der Waals surface area (Å²) in [7, 11) is 0. The highest BCUT2D eigenvalue weighted by Gasteiger charge is 2.23. The van der Waals surface area contributed by atoms with Crippen molar-refractivity contribution in [3.63, 3.8) is 0 Å². The van der Waals surface area contributed by atoms with Crippen molar-refractivity contribution < 1.29 is 4.74 Å². The Kier molecular flexibility index (Phi) is 2.60. The van der Waals surface area contributed by atoms with Gasteiger partial charge < -0.3 is 4.74 Å². The van der Waals surface area contributed by atoms with E-state index in [0.29, 0.717) is 6.10 Å². The largest absolute Gasteiger partial charge is 0.490 e. The van der Waals surface area contributed by atoms with Crippen LogP contribution in [0.15, 0.2) is 22.7 Å². The number of hydrogen-bond donors (Lipinski definition) is 0. The van der Waals surface area contributed by atoms with Gasteiger partial charge in [-0.1, -0.05) is 0 Å². The Balaban J connectivity index is 2.15. The number of benzene rings is 1. The summed E-state index contributed by atoms with van der Waals surface area (Å²) >= 11 is 5.74. The van der Waals surface area contributed by atoms with E-state index in [2.05, 4.69) is 44.6 Å². The highest BCUT2D eigenvalue weighted by molar-refractivity contribution is 14.1. The molecular weight excluding hydrogens is 331 g/mol. The summed E-state index contributed by atoms with van der Waals surface area (Å²) < 4.78 is 7.97. The Labute approximate surface area is 93.8 Å². The summed E-state index contributed by atoms with van der Waals surface area (Å²) in [5.74, 6) is 0.991. The first kappa shape index (κ1) is 8.81. The van der Waals surface area contributed by atoms with Gasteiger partial charge in [-0.3, -0.25) is 0 Å². The third-order valence-corrected chi connectivity index (χ3v) is 4.04. The van der Waals surface area contributed by atoms with Gasteiger partial charge in [0.05, 0.1) is 6.10 Å². The van der Waals surface area contributed by atoms with Crippen molar-refractivity contribution in [1.82, 2.24) is 0 Å². The van der Waals surface area contributed by atoms with Gasteiger partial charge in [-0.15, -0.1) is 0 Å². The molecule has 0 aliphatic heterocycles. The van der Waals surface area contributed by atoms with Crippen LogP contribution in [0.3, 0.4) is 0 Å². The zero-order chi connectivity index (χ0) is 8.55. The van der Waals surface area contributed by atoms with E-state index in [1.54, 1.807) is 0 Å². The van der Waals surface area contributed by atoms with Crippen LogP contribution in [0.1, 0.15) is 12.8 Å². The Morgan fingerprint density at radius 2 is 2.17 bits per heavy atom. The van der Waals surface area contributed by atoms with E-state index in [1.807, 2.05) is 12.1 Å². The third kappa shape index (κ3) is 2.13. The first-order chi connectivity index (χ1) is 5.75. The molecule has 0 radical (unpaired) electrons. The van der Waals surface area contributed by atoms with Crippen LogP contribution >= 0.6 is 38.5 Å². The maximum atomic E-state index is 5.64. The van der Waals surface area contributed by atoms with Gasteiger partial charge in [-0.05, 0) is 69.6 Å². The molecule has 0 amide bonds. The van der Waals surface area contributed by atoms with Crippen molar-refractivity contribution >= 4 is 38.5 Å². The Morgan fingerprint density at radius 3 is 2.75 bits per heavy atom. The lowest BCUT2D eigenvalue weighted by Gasteiger charge is -2.04. The van der Waals surface area contributed by atoms with Gasteiger partial charge in [0, 0.05) is 8.04 Å². The fraction of sp³-hybridized carbons (Fsp3) is 0.333. The van der Waals surface area contributed by atoms with Crippen molar-refractivity contribution in [3.8, 4) is 5.75 Å². The lowest BCUT2D eigenvalue weighted by molar-refractivity contribution is 0.303. The molecular formula is C9H8BrIO. The third-order valence-electron chi connectivity index (χ3n) is 1.72. The lowest BCUT2D eigenvalue weighted by atomic mass is 10.3. The molecule has 12 heavy (non-hydrogen) atoms. The molecule has 0 unspecified atom stereocenters. The molecule has 0 bridgehead atoms. The fourth-order valence-corrected chi connectivity index (χ4v) is 1.66. The average molecular weight is 339 g/mol. The molecule has 1 aliphatic carbocycles. The molecule has 1 aromatic carbocycles. The quantitative estimate of drug-likeness (QED) is 0.749. The zero-order valence-electron chi connectivity index (χ0n) is 6.39. The standard InChI is InChI=1S/C9H8BrIO/c10-8-4-3-7(5-9(8)11)12-6-1-2-6/h3-6H,1-2H2. The van der Waals surface area contributed by atoms with Crippen LogP contribution in [0.25, 0.3) is 0 Å². The average Bonchev–Trinajstić information content (AvgIpc) is 2.81. The topological polar surface area (TPSA) is 9.23 Å². The van der Waals surface area contributed by atoms with Crippen molar-refractivity contribution in [2.75, 3.05) is 0 Å². The summed E-state index contributed by atoms with van der Waals surface area (Å²) in [6.45, 7) is 0. The molecule has 3 heteroatoms. The highest BCUT2D eigenvalue weighted by Crippen LogP contribution is 2.29. The molecule has 1 aromatic rings. The molecule has 0 atom stereocenters. The monoisotopic (exact) mass is 338 g/mol. The second-order valence-electron chi connectivity index (χ2n) is 2.89. The van der Waals surface area contributed by atoms with E-state index in [-0.39, 0.29) is 0 Å². The van der Waals surface area contributed by atoms with Crippen LogP contribution in [0.2, 0.25) is 0 Å². The maximum absolute atomic E-state index is 5.64. The second kappa shape index (κ2) is 3.54. The normalized spacial score (nSPS) is 16.2. The van der Waals surface area contributed by atoms with E-state index < -0.39 is 0 Å². The summed E-state index contributed by atoms with van der Waals surface area (Å²) in [5, 5.41) is 0. The Hall–Kier alpha value is 0.230. The minimum Gasteiger partial charge on any atom is -0.490 e. The summed E-state index contributed by atoms with van der Waals surface area (Å²) in [6.07, 6.45) is 2.92. The van der Waals surface area contributed by atoms with Crippen LogP contribution < -0.4 is 4.74 Å². The van der Waals surface area contributed by atoms with Crippen molar-refractivity contribution in [3.05, 3.63) is 26.2 Å². The molecule has 2 rings (SSSR count). The Morgan fingerprint density at radius 1 is 1.42 bits per heavy atom. The smallest absolute Gasteiger partial charge is 0.120 e. The van der Waals surface area contributed by atoms with Gasteiger partial charge in [0.1, 0.15) is 5.75 Å². The van der Waals surface area contributed by atoms with Gasteiger partial charge in [0.25, 0.3) is 0 Å². The fourth-order valence-electron chi connectivity index (χ4n) is 0.929. The zero-order valence-corrected chi connectivity index (χ0v) is 10.1. The number of hydrogen-bond acceptors (Lipinski definition) is 1. The number of halogens is 2. The minimum absolute atomic E-state index is 0.488. The van der Waals surface area contributed by atoms with Crippen LogP contribution in [0, 0.1) is 3.57 Å². The van der Waals surface area contributed by atoms with E-state index >= 15 is 0 Å². The summed E-state index contributed by atoms with van der Waals surface area (Å²) in [6, 6.07) is 6.09. The second-order valence-corrected chi connectivity index (χ2v) is 4.91. The molecule has 1 aliphatic rings. The predicted octanol–water partition coefficient (Wildman–Crippen LogP) is 3.59. The van der Waals surface area contributed by atoms with Gasteiger partial charge in [0.15, 0.2) is 0 Å². The van der Waals surface area contributed by atoms with E-state index in [9.17, 15) is 0 Å². The number of rotatable bonds is 2. The van der Waals surface area contributed by atoms with Crippen molar-refractivity contribution in [1.29, 1.82) is 0 Å². The van der Waals surface area contributed by atoms with Crippen LogP contribution in [0.5, 0.6) is 5.75 Å². The molecule has 0 aromatic heterocycles. The van der Waals surface area contributed by atoms with E-state index in [1.165, 1.54) is 16.4 Å². The molecule has 1 saturated carbocycles. The van der Waals surface area contributed by atoms with Crippen LogP contribution in [-0.2, 0) is 0 Å². The number of ether oxygens (including phenoxy) is 1.